The van der Waals surface area contributed by atoms with E-state index in [1.165, 1.54) is 38.5 Å². The van der Waals surface area contributed by atoms with Crippen LogP contribution in [0.3, 0.4) is 0 Å². The van der Waals surface area contributed by atoms with Crippen LogP contribution in [0.5, 0.6) is 5.75 Å². The van der Waals surface area contributed by atoms with Crippen LogP contribution in [0.2, 0.25) is 0 Å². The number of hydrogen-bond donors (Lipinski definition) is 0. The van der Waals surface area contributed by atoms with E-state index in [0.29, 0.717) is 12.8 Å². The topological polar surface area (TPSA) is 39.4 Å². The first-order valence-electron chi connectivity index (χ1n) is 9.64. The van der Waals surface area contributed by atoms with Crippen molar-refractivity contribution in [2.45, 2.75) is 57.8 Å². The number of unbranched alkanes of at least 4 members (excludes halogenated alkanes) is 6. The maximum absolute atomic E-state index is 12.2. The van der Waals surface area contributed by atoms with Crippen molar-refractivity contribution < 1.29 is 13.9 Å². The zero-order valence-corrected chi connectivity index (χ0v) is 17.0. The van der Waals surface area contributed by atoms with Crippen molar-refractivity contribution in [2.24, 2.45) is 0 Å². The SMILES string of the molecule is O=C(CCc1ccco1)c1ccc(OCCCCCCCCCBr)cc1. The molecule has 0 unspecified atom stereocenters. The van der Waals surface area contributed by atoms with Gasteiger partial charge in [-0.1, -0.05) is 48.0 Å². The van der Waals surface area contributed by atoms with E-state index in [1.807, 2.05) is 36.4 Å². The Morgan fingerprint density at radius 1 is 0.923 bits per heavy atom. The van der Waals surface area contributed by atoms with Crippen molar-refractivity contribution in [1.29, 1.82) is 0 Å². The second kappa shape index (κ2) is 12.7. The van der Waals surface area contributed by atoms with Crippen LogP contribution in [0.1, 0.15) is 67.5 Å². The lowest BCUT2D eigenvalue weighted by atomic mass is 10.1. The predicted octanol–water partition coefficient (Wildman–Crippen LogP) is 6.60. The van der Waals surface area contributed by atoms with Gasteiger partial charge in [-0.05, 0) is 49.2 Å². The third kappa shape index (κ3) is 8.22. The number of aryl methyl sites for hydroxylation is 1. The number of carbonyl (C=O) groups excluding carboxylic acids is 1. The molecular weight excluding hydrogens is 392 g/mol. The zero-order valence-electron chi connectivity index (χ0n) is 15.4. The maximum atomic E-state index is 12.2. The van der Waals surface area contributed by atoms with Crippen LogP contribution < -0.4 is 4.74 Å². The average Bonchev–Trinajstić information content (AvgIpc) is 3.19. The molecule has 26 heavy (non-hydrogen) atoms. The van der Waals surface area contributed by atoms with E-state index in [0.717, 1.165) is 35.4 Å². The smallest absolute Gasteiger partial charge is 0.163 e. The minimum absolute atomic E-state index is 0.132. The minimum Gasteiger partial charge on any atom is -0.494 e. The summed E-state index contributed by atoms with van der Waals surface area (Å²) in [6.07, 6.45) is 11.6. The van der Waals surface area contributed by atoms with Crippen molar-refractivity contribution in [1.82, 2.24) is 0 Å². The fraction of sp³-hybridized carbons (Fsp3) is 0.500. The highest BCUT2D eigenvalue weighted by Crippen LogP contribution is 2.16. The van der Waals surface area contributed by atoms with Gasteiger partial charge in [-0.15, -0.1) is 0 Å². The molecule has 1 heterocycles. The van der Waals surface area contributed by atoms with Crippen molar-refractivity contribution in [3.63, 3.8) is 0 Å². The fourth-order valence-corrected chi connectivity index (χ4v) is 3.24. The number of hydrogen-bond acceptors (Lipinski definition) is 3. The number of ketones is 1. The van der Waals surface area contributed by atoms with Crippen LogP contribution in [0.15, 0.2) is 47.1 Å². The Bertz CT molecular complexity index is 605. The molecule has 0 fully saturated rings. The number of rotatable bonds is 14. The largest absolute Gasteiger partial charge is 0.494 e. The highest BCUT2D eigenvalue weighted by molar-refractivity contribution is 9.09. The first-order valence-corrected chi connectivity index (χ1v) is 10.8. The lowest BCUT2D eigenvalue weighted by molar-refractivity contribution is 0.0981. The number of halogens is 1. The summed E-state index contributed by atoms with van der Waals surface area (Å²) in [6.45, 7) is 0.743. The van der Waals surface area contributed by atoms with E-state index in [4.69, 9.17) is 9.15 Å². The summed E-state index contributed by atoms with van der Waals surface area (Å²) in [4.78, 5) is 12.2. The quantitative estimate of drug-likeness (QED) is 0.196. The summed E-state index contributed by atoms with van der Waals surface area (Å²) in [7, 11) is 0. The van der Waals surface area contributed by atoms with Gasteiger partial charge in [0.15, 0.2) is 5.78 Å². The molecule has 4 heteroatoms. The van der Waals surface area contributed by atoms with Crippen molar-refractivity contribution >= 4 is 21.7 Å². The standard InChI is InChI=1S/C22H29BrO3/c23-16-6-4-2-1-3-5-7-17-25-21-12-10-19(11-13-21)22(24)15-14-20-9-8-18-26-20/h8-13,18H,1-7,14-17H2. The van der Waals surface area contributed by atoms with E-state index >= 15 is 0 Å². The second-order valence-electron chi connectivity index (χ2n) is 6.54. The van der Waals surface area contributed by atoms with Gasteiger partial charge in [-0.2, -0.15) is 0 Å². The molecule has 0 saturated carbocycles. The van der Waals surface area contributed by atoms with Gasteiger partial charge in [0.1, 0.15) is 11.5 Å². The lowest BCUT2D eigenvalue weighted by Crippen LogP contribution is -2.02. The van der Waals surface area contributed by atoms with Crippen LogP contribution in [0, 0.1) is 0 Å². The minimum atomic E-state index is 0.132. The Kier molecular flexibility index (Phi) is 10.2. The normalized spacial score (nSPS) is 10.8. The Labute approximate surface area is 165 Å². The molecule has 0 atom stereocenters. The first-order chi connectivity index (χ1) is 12.8. The average molecular weight is 421 g/mol. The fourth-order valence-electron chi connectivity index (χ4n) is 2.84. The van der Waals surface area contributed by atoms with E-state index in [-0.39, 0.29) is 5.78 Å². The molecule has 142 valence electrons. The Morgan fingerprint density at radius 2 is 1.62 bits per heavy atom. The maximum Gasteiger partial charge on any atom is 0.163 e. The monoisotopic (exact) mass is 420 g/mol. The number of Topliss-reactive ketones (excluding diaryl/α,β-unsaturated/α-hetero) is 1. The molecule has 1 aromatic heterocycles. The third-order valence-electron chi connectivity index (χ3n) is 4.40. The van der Waals surface area contributed by atoms with Crippen LogP contribution in [0.25, 0.3) is 0 Å². The molecule has 0 radical (unpaired) electrons. The molecule has 0 aliphatic carbocycles. The Morgan fingerprint density at radius 3 is 2.27 bits per heavy atom. The molecule has 2 rings (SSSR count). The number of alkyl halides is 1. The Balaban J connectivity index is 1.57. The summed E-state index contributed by atoms with van der Waals surface area (Å²) in [5.74, 6) is 1.82. The van der Waals surface area contributed by atoms with Gasteiger partial charge in [0, 0.05) is 23.7 Å². The van der Waals surface area contributed by atoms with E-state index in [1.54, 1.807) is 6.26 Å². The predicted molar refractivity (Wildman–Crippen MR) is 109 cm³/mol. The highest BCUT2D eigenvalue weighted by Gasteiger charge is 2.07. The van der Waals surface area contributed by atoms with Gasteiger partial charge >= 0.3 is 0 Å². The van der Waals surface area contributed by atoms with Crippen molar-refractivity contribution in [2.75, 3.05) is 11.9 Å². The summed E-state index contributed by atoms with van der Waals surface area (Å²) in [5.41, 5.74) is 0.729. The molecular formula is C22H29BrO3. The third-order valence-corrected chi connectivity index (χ3v) is 4.96. The zero-order chi connectivity index (χ0) is 18.5. The highest BCUT2D eigenvalue weighted by atomic mass is 79.9. The van der Waals surface area contributed by atoms with Gasteiger partial charge < -0.3 is 9.15 Å². The summed E-state index contributed by atoms with van der Waals surface area (Å²) in [5, 5.41) is 1.12. The first kappa shape index (κ1) is 20.8. The van der Waals surface area contributed by atoms with Crippen molar-refractivity contribution in [3.05, 3.63) is 54.0 Å². The number of ether oxygens (including phenoxy) is 1. The summed E-state index contributed by atoms with van der Waals surface area (Å²) in [6, 6.07) is 11.2. The molecule has 0 aliphatic rings. The second-order valence-corrected chi connectivity index (χ2v) is 7.33. The number of benzene rings is 1. The molecule has 1 aromatic carbocycles. The van der Waals surface area contributed by atoms with Crippen LogP contribution in [0.4, 0.5) is 0 Å². The van der Waals surface area contributed by atoms with E-state index < -0.39 is 0 Å². The van der Waals surface area contributed by atoms with Gasteiger partial charge in [0.25, 0.3) is 0 Å². The molecule has 0 spiro atoms. The number of furan rings is 1. The van der Waals surface area contributed by atoms with Crippen LogP contribution in [-0.2, 0) is 6.42 Å². The Hall–Kier alpha value is -1.55. The van der Waals surface area contributed by atoms with E-state index in [2.05, 4.69) is 15.9 Å². The van der Waals surface area contributed by atoms with Crippen LogP contribution in [-0.4, -0.2) is 17.7 Å². The van der Waals surface area contributed by atoms with E-state index in [9.17, 15) is 4.79 Å². The number of carbonyl (C=O) groups is 1. The molecule has 0 saturated heterocycles. The molecule has 0 aliphatic heterocycles. The van der Waals surface area contributed by atoms with Crippen molar-refractivity contribution in [3.8, 4) is 5.75 Å². The lowest BCUT2D eigenvalue weighted by Gasteiger charge is -2.07. The summed E-state index contributed by atoms with van der Waals surface area (Å²) < 4.78 is 11.0. The van der Waals surface area contributed by atoms with Gasteiger partial charge in [0.2, 0.25) is 0 Å². The molecule has 2 aromatic rings. The van der Waals surface area contributed by atoms with Crippen LogP contribution >= 0.6 is 15.9 Å². The summed E-state index contributed by atoms with van der Waals surface area (Å²) >= 11 is 3.46. The molecule has 0 bridgehead atoms. The van der Waals surface area contributed by atoms with Gasteiger partial charge in [-0.3, -0.25) is 4.79 Å². The molecule has 0 N–H and O–H groups in total. The van der Waals surface area contributed by atoms with Gasteiger partial charge in [-0.25, -0.2) is 0 Å². The van der Waals surface area contributed by atoms with Gasteiger partial charge in [0.05, 0.1) is 12.9 Å². The molecule has 3 nitrogen and oxygen atoms in total. The molecule has 0 amide bonds.